The summed E-state index contributed by atoms with van der Waals surface area (Å²) in [5.41, 5.74) is -0.210. The summed E-state index contributed by atoms with van der Waals surface area (Å²) in [6, 6.07) is 30.6. The summed E-state index contributed by atoms with van der Waals surface area (Å²) in [6.07, 6.45) is 0.273. The number of hydrogen-bond acceptors (Lipinski definition) is 11. The molecular formula is C36H32N4O9S2. The normalized spacial score (nSPS) is 17.3. The van der Waals surface area contributed by atoms with Crippen molar-refractivity contribution < 1.29 is 24.1 Å². The third-order valence-corrected chi connectivity index (χ3v) is 11.5. The number of nitro groups is 2. The van der Waals surface area contributed by atoms with E-state index < -0.39 is 55.7 Å². The first-order chi connectivity index (χ1) is 24.6. The second kappa shape index (κ2) is 15.3. The van der Waals surface area contributed by atoms with Crippen molar-refractivity contribution in [3.8, 4) is 5.75 Å². The van der Waals surface area contributed by atoms with E-state index in [4.69, 9.17) is 14.2 Å². The largest absolute Gasteiger partial charge is 0.497 e. The molecule has 0 radical (unpaired) electrons. The van der Waals surface area contributed by atoms with Crippen LogP contribution in [0.25, 0.3) is 0 Å². The molecule has 2 heterocycles. The Morgan fingerprint density at radius 3 is 2.12 bits per heavy atom. The van der Waals surface area contributed by atoms with Crippen molar-refractivity contribution in [2.75, 3.05) is 13.7 Å². The van der Waals surface area contributed by atoms with E-state index >= 15 is 0 Å². The first-order valence-corrected chi connectivity index (χ1v) is 17.9. The average Bonchev–Trinajstić information content (AvgIpc) is 3.56. The zero-order valence-corrected chi connectivity index (χ0v) is 29.0. The molecule has 6 rings (SSSR count). The van der Waals surface area contributed by atoms with Crippen molar-refractivity contribution in [2.24, 2.45) is 0 Å². The molecule has 4 aromatic carbocycles. The lowest BCUT2D eigenvalue weighted by atomic mass is 9.80. The lowest BCUT2D eigenvalue weighted by Crippen LogP contribution is -2.37. The molecular weight excluding hydrogens is 697 g/mol. The molecule has 3 atom stereocenters. The number of aromatic nitrogens is 2. The summed E-state index contributed by atoms with van der Waals surface area (Å²) in [7, 11) is 3.96. The van der Waals surface area contributed by atoms with Crippen molar-refractivity contribution in [3.05, 3.63) is 173 Å². The Labute approximate surface area is 299 Å². The lowest BCUT2D eigenvalue weighted by Gasteiger charge is -2.37. The van der Waals surface area contributed by atoms with Crippen LogP contribution < -0.4 is 16.0 Å². The highest BCUT2D eigenvalue weighted by Gasteiger charge is 2.43. The molecule has 1 aliphatic heterocycles. The number of methoxy groups -OCH3 is 1. The van der Waals surface area contributed by atoms with Crippen LogP contribution in [0, 0.1) is 27.2 Å². The Morgan fingerprint density at radius 2 is 1.53 bits per heavy atom. The number of aryl methyl sites for hydroxylation is 1. The second-order valence-electron chi connectivity index (χ2n) is 11.7. The van der Waals surface area contributed by atoms with E-state index in [2.05, 4.69) is 4.98 Å². The van der Waals surface area contributed by atoms with Crippen LogP contribution in [0.4, 0.5) is 11.4 Å². The number of benzene rings is 4. The van der Waals surface area contributed by atoms with Gasteiger partial charge in [0.05, 0.1) is 40.6 Å². The van der Waals surface area contributed by atoms with Crippen LogP contribution in [-0.2, 0) is 15.1 Å². The van der Waals surface area contributed by atoms with Gasteiger partial charge in [-0.3, -0.25) is 34.6 Å². The Hall–Kier alpha value is -5.22. The van der Waals surface area contributed by atoms with Crippen LogP contribution in [0.5, 0.6) is 5.75 Å². The fourth-order valence-corrected chi connectivity index (χ4v) is 8.79. The molecule has 262 valence electrons. The number of non-ortho nitro benzene ring substituents is 1. The molecule has 15 heteroatoms. The molecule has 1 aromatic heterocycles. The van der Waals surface area contributed by atoms with E-state index in [0.29, 0.717) is 11.3 Å². The summed E-state index contributed by atoms with van der Waals surface area (Å²) in [6.45, 7) is 1.60. The van der Waals surface area contributed by atoms with Gasteiger partial charge < -0.3 is 14.2 Å². The van der Waals surface area contributed by atoms with E-state index in [-0.39, 0.29) is 17.9 Å². The van der Waals surface area contributed by atoms with E-state index in [9.17, 15) is 29.8 Å². The van der Waals surface area contributed by atoms with E-state index in [0.717, 1.165) is 33.6 Å². The molecule has 0 aliphatic carbocycles. The highest BCUT2D eigenvalue weighted by molar-refractivity contribution is 8.77. The second-order valence-corrected chi connectivity index (χ2v) is 14.2. The van der Waals surface area contributed by atoms with Crippen molar-refractivity contribution >= 4 is 33.0 Å². The molecule has 0 unspecified atom stereocenters. The fraction of sp³-hybridized carbons (Fsp3) is 0.222. The van der Waals surface area contributed by atoms with Crippen LogP contribution in [0.15, 0.2) is 124 Å². The number of hydrogen-bond donors (Lipinski definition) is 1. The van der Waals surface area contributed by atoms with Gasteiger partial charge in [-0.25, -0.2) is 4.79 Å². The maximum atomic E-state index is 12.9. The van der Waals surface area contributed by atoms with Gasteiger partial charge >= 0.3 is 5.69 Å². The average molecular weight is 729 g/mol. The zero-order valence-electron chi connectivity index (χ0n) is 27.4. The van der Waals surface area contributed by atoms with Crippen LogP contribution in [0.3, 0.4) is 0 Å². The van der Waals surface area contributed by atoms with Crippen molar-refractivity contribution in [3.63, 3.8) is 0 Å². The van der Waals surface area contributed by atoms with Gasteiger partial charge in [-0.2, -0.15) is 0 Å². The summed E-state index contributed by atoms with van der Waals surface area (Å²) >= 11 is 0. The molecule has 13 nitrogen and oxygen atoms in total. The third kappa shape index (κ3) is 7.46. The summed E-state index contributed by atoms with van der Waals surface area (Å²) in [5.74, 6) is 0.672. The summed E-state index contributed by atoms with van der Waals surface area (Å²) in [4.78, 5) is 49.5. The predicted octanol–water partition coefficient (Wildman–Crippen LogP) is 6.78. The monoisotopic (exact) mass is 728 g/mol. The number of rotatable bonds is 13. The molecule has 5 aromatic rings. The van der Waals surface area contributed by atoms with Crippen LogP contribution >= 0.6 is 21.6 Å². The molecule has 1 fully saturated rings. The standard InChI is InChI=1S/C36H32N4O9S2/c1-23-21-38(35(42)37-34(23)41)33-20-32(51-50-31-18-15-27(39(43)44)19-29(31)40(45)46)30(49-33)22-48-36(24-9-5-3-6-10-24,25-11-7-4-8-12-25)26-13-16-28(47-2)17-14-26/h3-19,21,30,32-33H,20,22H2,1-2H3,(H,37,41,42)/t30-,32+,33-/m1/s1. The molecule has 1 saturated heterocycles. The lowest BCUT2D eigenvalue weighted by molar-refractivity contribution is -0.396. The summed E-state index contributed by atoms with van der Waals surface area (Å²) < 4.78 is 20.4. The molecule has 1 N–H and O–H groups in total. The van der Waals surface area contributed by atoms with Crippen LogP contribution in [0.1, 0.15) is 34.9 Å². The van der Waals surface area contributed by atoms with Gasteiger partial charge in [-0.1, -0.05) is 94.4 Å². The smallest absolute Gasteiger partial charge is 0.330 e. The molecule has 0 amide bonds. The SMILES string of the molecule is COc1ccc(C(OC[C@H]2O[C@@H](n3cc(C)c(=O)[nH]c3=O)C[C@@H]2SSc2ccc([N+](=O)[O-])cc2[N+](=O)[O-])(c2ccccc2)c2ccccc2)cc1. The number of aromatic amines is 1. The van der Waals surface area contributed by atoms with Gasteiger partial charge in [0.25, 0.3) is 16.9 Å². The quantitative estimate of drug-likeness (QED) is 0.0587. The van der Waals surface area contributed by atoms with Gasteiger partial charge in [0, 0.05) is 29.5 Å². The number of nitrogens with zero attached hydrogens (tertiary/aromatic N) is 3. The molecule has 1 aliphatic rings. The topological polar surface area (TPSA) is 169 Å². The van der Waals surface area contributed by atoms with E-state index in [1.807, 2.05) is 84.9 Å². The Balaban J connectivity index is 1.39. The first-order valence-electron chi connectivity index (χ1n) is 15.7. The molecule has 0 saturated carbocycles. The van der Waals surface area contributed by atoms with Gasteiger partial charge in [0.15, 0.2) is 0 Å². The zero-order chi connectivity index (χ0) is 36.1. The minimum atomic E-state index is -1.12. The Kier molecular flexibility index (Phi) is 10.7. The van der Waals surface area contributed by atoms with Crippen molar-refractivity contribution in [1.29, 1.82) is 0 Å². The fourth-order valence-electron chi connectivity index (χ4n) is 6.00. The minimum Gasteiger partial charge on any atom is -0.497 e. The van der Waals surface area contributed by atoms with Crippen molar-refractivity contribution in [1.82, 2.24) is 9.55 Å². The molecule has 0 spiro atoms. The molecule has 0 bridgehead atoms. The number of nitrogens with one attached hydrogen (secondary N) is 1. The highest BCUT2D eigenvalue weighted by atomic mass is 33.1. The van der Waals surface area contributed by atoms with Crippen LogP contribution in [0.2, 0.25) is 0 Å². The highest BCUT2D eigenvalue weighted by Crippen LogP contribution is 2.48. The summed E-state index contributed by atoms with van der Waals surface area (Å²) in [5, 5.41) is 22.8. The van der Waals surface area contributed by atoms with Crippen molar-refractivity contribution in [2.45, 2.75) is 41.4 Å². The minimum absolute atomic E-state index is 0.0178. The number of H-pyrrole nitrogens is 1. The van der Waals surface area contributed by atoms with E-state index in [1.54, 1.807) is 14.0 Å². The van der Waals surface area contributed by atoms with Gasteiger partial charge in [-0.05, 0) is 41.8 Å². The third-order valence-electron chi connectivity index (χ3n) is 8.57. The maximum absolute atomic E-state index is 12.9. The molecule has 51 heavy (non-hydrogen) atoms. The van der Waals surface area contributed by atoms with Gasteiger partial charge in [0.1, 0.15) is 17.6 Å². The predicted molar refractivity (Wildman–Crippen MR) is 193 cm³/mol. The van der Waals surface area contributed by atoms with Gasteiger partial charge in [0.2, 0.25) is 0 Å². The van der Waals surface area contributed by atoms with Gasteiger partial charge in [-0.15, -0.1) is 0 Å². The van der Waals surface area contributed by atoms with E-state index in [1.165, 1.54) is 33.7 Å². The number of nitro benzene ring substituents is 2. The Bertz CT molecular complexity index is 2110. The van der Waals surface area contributed by atoms with Crippen LogP contribution in [-0.4, -0.2) is 44.5 Å². The number of ether oxygens (including phenoxy) is 3. The Morgan fingerprint density at radius 1 is 0.902 bits per heavy atom. The maximum Gasteiger partial charge on any atom is 0.330 e. The first kappa shape index (κ1) is 35.6.